The van der Waals surface area contributed by atoms with Gasteiger partial charge in [-0.15, -0.1) is 11.6 Å². The summed E-state index contributed by atoms with van der Waals surface area (Å²) < 4.78 is 13.1. The van der Waals surface area contributed by atoms with Crippen molar-refractivity contribution in [3.63, 3.8) is 0 Å². The number of imidazole rings is 1. The summed E-state index contributed by atoms with van der Waals surface area (Å²) in [5, 5.41) is 0. The highest BCUT2D eigenvalue weighted by atomic mass is 35.5. The molecular formula is C16H21ClN2O2. The van der Waals surface area contributed by atoms with E-state index in [1.807, 2.05) is 18.2 Å². The van der Waals surface area contributed by atoms with Crippen molar-refractivity contribution in [1.82, 2.24) is 9.55 Å². The maximum absolute atomic E-state index is 6.10. The first-order valence-corrected chi connectivity index (χ1v) is 7.85. The number of methoxy groups -OCH3 is 1. The predicted molar refractivity (Wildman–Crippen MR) is 84.0 cm³/mol. The summed E-state index contributed by atoms with van der Waals surface area (Å²) in [6, 6.07) is 5.97. The van der Waals surface area contributed by atoms with Gasteiger partial charge in [0, 0.05) is 25.8 Å². The van der Waals surface area contributed by atoms with Crippen LogP contribution in [0.25, 0.3) is 11.0 Å². The van der Waals surface area contributed by atoms with E-state index in [0.717, 1.165) is 55.2 Å². The molecule has 1 aromatic carbocycles. The van der Waals surface area contributed by atoms with Crippen LogP contribution in [-0.2, 0) is 17.2 Å². The maximum atomic E-state index is 6.10. The topological polar surface area (TPSA) is 36.3 Å². The maximum Gasteiger partial charge on any atom is 0.124 e. The Morgan fingerprint density at radius 2 is 2.14 bits per heavy atom. The number of alkyl halides is 1. The molecule has 0 bridgehead atoms. The minimum atomic E-state index is 0.232. The minimum absolute atomic E-state index is 0.232. The van der Waals surface area contributed by atoms with Crippen molar-refractivity contribution >= 4 is 22.6 Å². The molecule has 0 atom stereocenters. The standard InChI is InChI=1S/C16H21ClN2O2/c1-16(5-7-21-8-6-16)11-19-14-9-12(20-2)3-4-13(14)18-15(19)10-17/h3-4,9H,5-8,10-11H2,1-2H3. The summed E-state index contributed by atoms with van der Waals surface area (Å²) in [7, 11) is 1.68. The molecule has 3 rings (SSSR count). The smallest absolute Gasteiger partial charge is 0.124 e. The SMILES string of the molecule is COc1ccc2nc(CCl)n(CC3(C)CCOCC3)c2c1. The van der Waals surface area contributed by atoms with Gasteiger partial charge in [0.05, 0.1) is 24.0 Å². The number of hydrogen-bond donors (Lipinski definition) is 0. The van der Waals surface area contributed by atoms with Crippen LogP contribution in [0.4, 0.5) is 0 Å². The molecule has 0 spiro atoms. The van der Waals surface area contributed by atoms with E-state index >= 15 is 0 Å². The number of nitrogens with zero attached hydrogens (tertiary/aromatic N) is 2. The summed E-state index contributed by atoms with van der Waals surface area (Å²) >= 11 is 6.10. The molecule has 0 unspecified atom stereocenters. The van der Waals surface area contributed by atoms with E-state index in [1.165, 1.54) is 0 Å². The van der Waals surface area contributed by atoms with Gasteiger partial charge in [0.1, 0.15) is 11.6 Å². The van der Waals surface area contributed by atoms with Crippen LogP contribution in [0.1, 0.15) is 25.6 Å². The molecule has 0 radical (unpaired) electrons. The van der Waals surface area contributed by atoms with Gasteiger partial charge in [-0.2, -0.15) is 0 Å². The number of halogens is 1. The van der Waals surface area contributed by atoms with Crippen LogP contribution in [0.15, 0.2) is 18.2 Å². The average Bonchev–Trinajstić information content (AvgIpc) is 2.84. The number of aromatic nitrogens is 2. The second-order valence-electron chi connectivity index (χ2n) is 6.03. The highest BCUT2D eigenvalue weighted by Gasteiger charge is 2.29. The van der Waals surface area contributed by atoms with Gasteiger partial charge in [0.15, 0.2) is 0 Å². The first-order chi connectivity index (χ1) is 10.1. The average molecular weight is 309 g/mol. The lowest BCUT2D eigenvalue weighted by Crippen LogP contribution is -2.31. The van der Waals surface area contributed by atoms with E-state index in [4.69, 9.17) is 21.1 Å². The lowest BCUT2D eigenvalue weighted by molar-refractivity contribution is 0.0157. The number of benzene rings is 1. The van der Waals surface area contributed by atoms with Gasteiger partial charge in [0.25, 0.3) is 0 Å². The minimum Gasteiger partial charge on any atom is -0.497 e. The zero-order valence-electron chi connectivity index (χ0n) is 12.6. The van der Waals surface area contributed by atoms with Crippen molar-refractivity contribution in [1.29, 1.82) is 0 Å². The zero-order chi connectivity index (χ0) is 14.9. The number of fused-ring (bicyclic) bond motifs is 1. The van der Waals surface area contributed by atoms with Gasteiger partial charge in [0.2, 0.25) is 0 Å². The highest BCUT2D eigenvalue weighted by Crippen LogP contribution is 2.34. The van der Waals surface area contributed by atoms with Crippen molar-refractivity contribution in [2.24, 2.45) is 5.41 Å². The molecule has 0 amide bonds. The lowest BCUT2D eigenvalue weighted by atomic mass is 9.82. The van der Waals surface area contributed by atoms with Crippen molar-refractivity contribution in [2.75, 3.05) is 20.3 Å². The first kappa shape index (κ1) is 14.7. The fraction of sp³-hybridized carbons (Fsp3) is 0.562. The molecule has 0 N–H and O–H groups in total. The summed E-state index contributed by atoms with van der Waals surface area (Å²) in [5.41, 5.74) is 2.30. The Kier molecular flexibility index (Phi) is 4.09. The van der Waals surface area contributed by atoms with Gasteiger partial charge >= 0.3 is 0 Å². The van der Waals surface area contributed by atoms with Gasteiger partial charge in [-0.25, -0.2) is 4.98 Å². The van der Waals surface area contributed by atoms with Crippen LogP contribution >= 0.6 is 11.6 Å². The lowest BCUT2D eigenvalue weighted by Gasteiger charge is -2.34. The highest BCUT2D eigenvalue weighted by molar-refractivity contribution is 6.16. The second kappa shape index (κ2) is 5.85. The van der Waals surface area contributed by atoms with E-state index in [0.29, 0.717) is 5.88 Å². The molecule has 114 valence electrons. The Hall–Kier alpha value is -1.26. The summed E-state index contributed by atoms with van der Waals surface area (Å²) in [5.74, 6) is 2.19. The third-order valence-electron chi connectivity index (χ3n) is 4.39. The van der Waals surface area contributed by atoms with Gasteiger partial charge in [-0.05, 0) is 30.4 Å². The Balaban J connectivity index is 2.02. The Bertz CT molecular complexity index is 632. The molecule has 2 aromatic rings. The van der Waals surface area contributed by atoms with Crippen LogP contribution in [0, 0.1) is 5.41 Å². The zero-order valence-corrected chi connectivity index (χ0v) is 13.3. The Morgan fingerprint density at radius 1 is 1.38 bits per heavy atom. The summed E-state index contributed by atoms with van der Waals surface area (Å²) in [4.78, 5) is 4.65. The monoisotopic (exact) mass is 308 g/mol. The number of hydrogen-bond acceptors (Lipinski definition) is 3. The van der Waals surface area contributed by atoms with Crippen LogP contribution in [0.2, 0.25) is 0 Å². The molecule has 1 aliphatic rings. The van der Waals surface area contributed by atoms with Crippen molar-refractivity contribution < 1.29 is 9.47 Å². The first-order valence-electron chi connectivity index (χ1n) is 7.32. The quantitative estimate of drug-likeness (QED) is 0.810. The summed E-state index contributed by atoms with van der Waals surface area (Å²) in [6.45, 7) is 4.91. The van der Waals surface area contributed by atoms with Crippen LogP contribution in [0.5, 0.6) is 5.75 Å². The van der Waals surface area contributed by atoms with Crippen LogP contribution in [0.3, 0.4) is 0 Å². The van der Waals surface area contributed by atoms with E-state index in [1.54, 1.807) is 7.11 Å². The fourth-order valence-corrected chi connectivity index (χ4v) is 3.17. The molecule has 0 saturated carbocycles. The van der Waals surface area contributed by atoms with E-state index in [9.17, 15) is 0 Å². The van der Waals surface area contributed by atoms with Crippen molar-refractivity contribution in [3.05, 3.63) is 24.0 Å². The molecule has 21 heavy (non-hydrogen) atoms. The third kappa shape index (κ3) is 2.87. The predicted octanol–water partition coefficient (Wildman–Crippen LogP) is 3.60. The summed E-state index contributed by atoms with van der Waals surface area (Å²) in [6.07, 6.45) is 2.14. The number of rotatable bonds is 4. The molecule has 1 fully saturated rings. The largest absolute Gasteiger partial charge is 0.497 e. The van der Waals surface area contributed by atoms with E-state index in [-0.39, 0.29) is 5.41 Å². The number of ether oxygens (including phenoxy) is 2. The molecule has 1 aromatic heterocycles. The van der Waals surface area contributed by atoms with Crippen molar-refractivity contribution in [2.45, 2.75) is 32.2 Å². The van der Waals surface area contributed by atoms with E-state index < -0.39 is 0 Å². The van der Waals surface area contributed by atoms with Gasteiger partial charge in [-0.3, -0.25) is 0 Å². The second-order valence-corrected chi connectivity index (χ2v) is 6.29. The molecule has 1 aliphatic heterocycles. The molecule has 1 saturated heterocycles. The molecule has 4 nitrogen and oxygen atoms in total. The molecule has 2 heterocycles. The van der Waals surface area contributed by atoms with Gasteiger partial charge in [-0.1, -0.05) is 6.92 Å². The normalized spacial score (nSPS) is 18.0. The third-order valence-corrected chi connectivity index (χ3v) is 4.63. The Morgan fingerprint density at radius 3 is 2.81 bits per heavy atom. The fourth-order valence-electron chi connectivity index (χ4n) is 2.96. The van der Waals surface area contributed by atoms with Crippen LogP contribution < -0.4 is 4.74 Å². The molecule has 5 heteroatoms. The van der Waals surface area contributed by atoms with Gasteiger partial charge < -0.3 is 14.0 Å². The Labute approximate surface area is 130 Å². The molecule has 0 aliphatic carbocycles. The van der Waals surface area contributed by atoms with E-state index in [2.05, 4.69) is 16.5 Å². The van der Waals surface area contributed by atoms with Crippen LogP contribution in [-0.4, -0.2) is 29.9 Å². The van der Waals surface area contributed by atoms with Crippen molar-refractivity contribution in [3.8, 4) is 5.75 Å². The molecular weight excluding hydrogens is 288 g/mol.